The number of aryl methyl sites for hydroxylation is 2. The molecule has 0 radical (unpaired) electrons. The first-order valence-electron chi connectivity index (χ1n) is 4.61. The second-order valence-corrected chi connectivity index (χ2v) is 3.59. The SMILES string of the molecule is Cc1ccc([C@H](N)CC(F)F)c(C)c1. The monoisotopic (exact) mass is 199 g/mol. The Morgan fingerprint density at radius 1 is 1.29 bits per heavy atom. The summed E-state index contributed by atoms with van der Waals surface area (Å²) in [7, 11) is 0. The van der Waals surface area contributed by atoms with Gasteiger partial charge in [0.25, 0.3) is 0 Å². The van der Waals surface area contributed by atoms with Gasteiger partial charge in [0, 0.05) is 12.5 Å². The van der Waals surface area contributed by atoms with Crippen LogP contribution in [0.2, 0.25) is 0 Å². The van der Waals surface area contributed by atoms with Crippen LogP contribution in [0.25, 0.3) is 0 Å². The van der Waals surface area contributed by atoms with Gasteiger partial charge < -0.3 is 5.73 Å². The number of benzene rings is 1. The van der Waals surface area contributed by atoms with Gasteiger partial charge in [-0.15, -0.1) is 0 Å². The number of halogens is 2. The molecule has 1 atom stereocenters. The first-order valence-corrected chi connectivity index (χ1v) is 4.61. The Morgan fingerprint density at radius 2 is 1.93 bits per heavy atom. The van der Waals surface area contributed by atoms with Gasteiger partial charge in [0.15, 0.2) is 0 Å². The smallest absolute Gasteiger partial charge is 0.240 e. The van der Waals surface area contributed by atoms with Crippen LogP contribution in [0.4, 0.5) is 8.78 Å². The largest absolute Gasteiger partial charge is 0.324 e. The molecule has 1 rings (SSSR count). The highest BCUT2D eigenvalue weighted by Crippen LogP contribution is 2.22. The topological polar surface area (TPSA) is 26.0 Å². The molecule has 78 valence electrons. The average Bonchev–Trinajstić information content (AvgIpc) is 2.01. The quantitative estimate of drug-likeness (QED) is 0.795. The fraction of sp³-hybridized carbons (Fsp3) is 0.455. The van der Waals surface area contributed by atoms with E-state index in [1.54, 1.807) is 0 Å². The molecule has 0 aliphatic heterocycles. The molecule has 1 nitrogen and oxygen atoms in total. The van der Waals surface area contributed by atoms with E-state index < -0.39 is 12.5 Å². The van der Waals surface area contributed by atoms with Gasteiger partial charge in [0.1, 0.15) is 0 Å². The molecule has 0 aliphatic rings. The van der Waals surface area contributed by atoms with Crippen LogP contribution in [0.1, 0.15) is 29.2 Å². The molecular formula is C11H15F2N. The van der Waals surface area contributed by atoms with Gasteiger partial charge in [-0.05, 0) is 25.0 Å². The van der Waals surface area contributed by atoms with Crippen molar-refractivity contribution in [3.8, 4) is 0 Å². The zero-order valence-electron chi connectivity index (χ0n) is 8.43. The predicted octanol–water partition coefficient (Wildman–Crippen LogP) is 2.96. The third-order valence-corrected chi connectivity index (χ3v) is 2.26. The van der Waals surface area contributed by atoms with E-state index >= 15 is 0 Å². The van der Waals surface area contributed by atoms with Crippen molar-refractivity contribution in [2.45, 2.75) is 32.7 Å². The number of hydrogen-bond donors (Lipinski definition) is 1. The van der Waals surface area contributed by atoms with Crippen molar-refractivity contribution in [1.82, 2.24) is 0 Å². The van der Waals surface area contributed by atoms with Crippen molar-refractivity contribution in [3.63, 3.8) is 0 Å². The molecule has 0 aliphatic carbocycles. The van der Waals surface area contributed by atoms with Crippen LogP contribution < -0.4 is 5.73 Å². The maximum absolute atomic E-state index is 12.1. The summed E-state index contributed by atoms with van der Waals surface area (Å²) in [5, 5.41) is 0. The van der Waals surface area contributed by atoms with Crippen LogP contribution in [-0.2, 0) is 0 Å². The Balaban J connectivity index is 2.84. The summed E-state index contributed by atoms with van der Waals surface area (Å²) in [6, 6.07) is 5.13. The Hall–Kier alpha value is -0.960. The van der Waals surface area contributed by atoms with Gasteiger partial charge in [0.2, 0.25) is 6.43 Å². The second-order valence-electron chi connectivity index (χ2n) is 3.59. The molecule has 3 heteroatoms. The highest BCUT2D eigenvalue weighted by molar-refractivity contribution is 5.32. The van der Waals surface area contributed by atoms with Gasteiger partial charge in [-0.3, -0.25) is 0 Å². The summed E-state index contributed by atoms with van der Waals surface area (Å²) in [5.41, 5.74) is 8.59. The van der Waals surface area contributed by atoms with Gasteiger partial charge in [-0.1, -0.05) is 23.8 Å². The normalized spacial score (nSPS) is 13.3. The number of alkyl halides is 2. The van der Waals surface area contributed by atoms with Crippen molar-refractivity contribution < 1.29 is 8.78 Å². The van der Waals surface area contributed by atoms with Crippen molar-refractivity contribution in [3.05, 3.63) is 34.9 Å². The van der Waals surface area contributed by atoms with E-state index in [2.05, 4.69) is 0 Å². The lowest BCUT2D eigenvalue weighted by atomic mass is 9.98. The average molecular weight is 199 g/mol. The minimum atomic E-state index is -2.34. The van der Waals surface area contributed by atoms with Crippen LogP contribution in [0.15, 0.2) is 18.2 Å². The molecule has 0 amide bonds. The van der Waals surface area contributed by atoms with Crippen LogP contribution in [-0.4, -0.2) is 6.43 Å². The maximum Gasteiger partial charge on any atom is 0.240 e. The van der Waals surface area contributed by atoms with E-state index in [1.807, 2.05) is 32.0 Å². The fourth-order valence-corrected chi connectivity index (χ4v) is 1.56. The molecule has 0 bridgehead atoms. The van der Waals surface area contributed by atoms with E-state index in [-0.39, 0.29) is 6.42 Å². The first-order chi connectivity index (χ1) is 6.50. The highest BCUT2D eigenvalue weighted by atomic mass is 19.3. The highest BCUT2D eigenvalue weighted by Gasteiger charge is 2.14. The van der Waals surface area contributed by atoms with Crippen LogP contribution in [0, 0.1) is 13.8 Å². The molecule has 0 saturated carbocycles. The molecule has 14 heavy (non-hydrogen) atoms. The summed E-state index contributed by atoms with van der Waals surface area (Å²) in [5.74, 6) is 0. The molecule has 0 fully saturated rings. The lowest BCUT2D eigenvalue weighted by Gasteiger charge is -2.14. The third-order valence-electron chi connectivity index (χ3n) is 2.26. The minimum absolute atomic E-state index is 0.274. The summed E-state index contributed by atoms with van der Waals surface area (Å²) < 4.78 is 24.2. The van der Waals surface area contributed by atoms with Crippen molar-refractivity contribution >= 4 is 0 Å². The Bertz CT molecular complexity index is 310. The van der Waals surface area contributed by atoms with Crippen molar-refractivity contribution in [2.75, 3.05) is 0 Å². The van der Waals surface area contributed by atoms with Crippen LogP contribution in [0.3, 0.4) is 0 Å². The number of hydrogen-bond acceptors (Lipinski definition) is 1. The minimum Gasteiger partial charge on any atom is -0.324 e. The Kier molecular flexibility index (Phi) is 3.58. The van der Waals surface area contributed by atoms with Crippen LogP contribution in [0.5, 0.6) is 0 Å². The molecule has 2 N–H and O–H groups in total. The van der Waals surface area contributed by atoms with Gasteiger partial charge in [-0.25, -0.2) is 8.78 Å². The molecule has 0 unspecified atom stereocenters. The maximum atomic E-state index is 12.1. The summed E-state index contributed by atoms with van der Waals surface area (Å²) in [6.07, 6.45) is -2.62. The zero-order chi connectivity index (χ0) is 10.7. The van der Waals surface area contributed by atoms with Crippen molar-refractivity contribution in [1.29, 1.82) is 0 Å². The van der Waals surface area contributed by atoms with E-state index in [4.69, 9.17) is 5.73 Å². The third kappa shape index (κ3) is 2.77. The lowest BCUT2D eigenvalue weighted by Crippen LogP contribution is -2.15. The molecular weight excluding hydrogens is 184 g/mol. The van der Waals surface area contributed by atoms with Gasteiger partial charge >= 0.3 is 0 Å². The van der Waals surface area contributed by atoms with E-state index in [9.17, 15) is 8.78 Å². The lowest BCUT2D eigenvalue weighted by molar-refractivity contribution is 0.128. The standard InChI is InChI=1S/C11H15F2N/c1-7-3-4-9(8(2)5-7)10(14)6-11(12)13/h3-5,10-11H,6,14H2,1-2H3/t10-/m1/s1. The van der Waals surface area contributed by atoms with Crippen LogP contribution >= 0.6 is 0 Å². The summed E-state index contributed by atoms with van der Waals surface area (Å²) in [6.45, 7) is 3.86. The molecule has 0 spiro atoms. The van der Waals surface area contributed by atoms with Gasteiger partial charge in [-0.2, -0.15) is 0 Å². The zero-order valence-corrected chi connectivity index (χ0v) is 8.43. The second kappa shape index (κ2) is 4.51. The molecule has 1 aromatic rings. The van der Waals surface area contributed by atoms with Crippen molar-refractivity contribution in [2.24, 2.45) is 5.73 Å². The predicted molar refractivity (Wildman–Crippen MR) is 53.5 cm³/mol. The van der Waals surface area contributed by atoms with E-state index in [0.717, 1.165) is 16.7 Å². The van der Waals surface area contributed by atoms with E-state index in [1.165, 1.54) is 0 Å². The molecule has 0 heterocycles. The Morgan fingerprint density at radius 3 is 2.43 bits per heavy atom. The first kappa shape index (κ1) is 11.1. The van der Waals surface area contributed by atoms with E-state index in [0.29, 0.717) is 0 Å². The molecule has 0 saturated heterocycles. The number of nitrogens with two attached hydrogens (primary N) is 1. The molecule has 0 aromatic heterocycles. The summed E-state index contributed by atoms with van der Waals surface area (Å²) in [4.78, 5) is 0. The van der Waals surface area contributed by atoms with Gasteiger partial charge in [0.05, 0.1) is 0 Å². The number of rotatable bonds is 3. The summed E-state index contributed by atoms with van der Waals surface area (Å²) >= 11 is 0. The Labute approximate surface area is 82.9 Å². The molecule has 1 aromatic carbocycles. The fourth-order valence-electron chi connectivity index (χ4n) is 1.56.